The van der Waals surface area contributed by atoms with Gasteiger partial charge in [0.15, 0.2) is 0 Å². The van der Waals surface area contributed by atoms with Crippen LogP contribution in [0, 0.1) is 26.0 Å². The summed E-state index contributed by atoms with van der Waals surface area (Å²) >= 11 is 1.45. The van der Waals surface area contributed by atoms with Crippen molar-refractivity contribution in [2.45, 2.75) is 66.1 Å². The molecule has 1 aliphatic rings. The van der Waals surface area contributed by atoms with Crippen LogP contribution in [0.15, 0.2) is 85.2 Å². The molecule has 216 valence electrons. The van der Waals surface area contributed by atoms with Gasteiger partial charge >= 0.3 is 20.1 Å². The molecule has 0 amide bonds. The summed E-state index contributed by atoms with van der Waals surface area (Å²) in [7, 11) is 0. The number of allylic oxidation sites excluding steroid dienone is 8. The molecule has 42 heavy (non-hydrogen) atoms. The van der Waals surface area contributed by atoms with Crippen LogP contribution >= 0.6 is 11.3 Å². The van der Waals surface area contributed by atoms with Crippen molar-refractivity contribution >= 4 is 42.9 Å². The number of aryl methyl sites for hydroxylation is 2. The zero-order valence-electron chi connectivity index (χ0n) is 29.5. The van der Waals surface area contributed by atoms with Gasteiger partial charge in [-0.25, -0.2) is 10.7 Å². The number of thiophene rings is 1. The third-order valence-corrected chi connectivity index (χ3v) is 8.14. The predicted octanol–water partition coefficient (Wildman–Crippen LogP) is 10.4. The van der Waals surface area contributed by atoms with E-state index in [1.54, 1.807) is 18.3 Å². The largest absolute Gasteiger partial charge is 3.00 e. The number of fused-ring (bicyclic) bond motifs is 3. The van der Waals surface area contributed by atoms with Gasteiger partial charge in [0.05, 0.1) is 1.37 Å². The van der Waals surface area contributed by atoms with Gasteiger partial charge in [-0.05, 0) is 78.0 Å². The van der Waals surface area contributed by atoms with E-state index in [0.29, 0.717) is 0 Å². The number of nitrogens with zero attached hydrogens (tertiary/aromatic N) is 3. The van der Waals surface area contributed by atoms with Gasteiger partial charge in [0, 0.05) is 17.9 Å². The van der Waals surface area contributed by atoms with Gasteiger partial charge < -0.3 is 10.4 Å². The minimum absolute atomic E-state index is 0. The van der Waals surface area contributed by atoms with Crippen molar-refractivity contribution in [3.63, 3.8) is 0 Å². The summed E-state index contributed by atoms with van der Waals surface area (Å²) in [6, 6.07) is 9.25. The van der Waals surface area contributed by atoms with Gasteiger partial charge in [0.25, 0.3) is 0 Å². The van der Waals surface area contributed by atoms with Crippen LogP contribution in [0.4, 0.5) is 0 Å². The van der Waals surface area contributed by atoms with Gasteiger partial charge in [0.1, 0.15) is 4.83 Å². The van der Waals surface area contributed by atoms with E-state index >= 15 is 0 Å². The maximum absolute atomic E-state index is 10.3. The molecule has 0 bridgehead atoms. The zero-order chi connectivity index (χ0) is 33.8. The Labute approximate surface area is 275 Å². The molecule has 3 aromatic heterocycles. The molecule has 0 saturated heterocycles. The Morgan fingerprint density at radius 2 is 1.93 bits per heavy atom. The second-order valence-electron chi connectivity index (χ2n) is 10.4. The Kier molecular flexibility index (Phi) is 9.61. The zero-order valence-corrected chi connectivity index (χ0v) is 27.7. The molecular formula is C37H38IrN3S. The number of aromatic nitrogens is 2. The summed E-state index contributed by atoms with van der Waals surface area (Å²) in [4.78, 5) is 9.80. The fourth-order valence-electron chi connectivity index (χ4n) is 5.00. The molecular weight excluding hydrogens is 711 g/mol. The third-order valence-electron chi connectivity index (χ3n) is 7.08. The fraction of sp³-hybridized carbons (Fsp3) is 0.270. The van der Waals surface area contributed by atoms with E-state index in [1.807, 2.05) is 39.1 Å². The van der Waals surface area contributed by atoms with Crippen molar-refractivity contribution in [1.29, 1.82) is 0 Å². The molecule has 1 fully saturated rings. The Bertz CT molecular complexity index is 1910. The third kappa shape index (κ3) is 8.19. The van der Waals surface area contributed by atoms with Crippen LogP contribution in [-0.4, -0.2) is 15.7 Å². The number of pyridine rings is 2. The van der Waals surface area contributed by atoms with Gasteiger partial charge in [-0.1, -0.05) is 56.3 Å². The summed E-state index contributed by atoms with van der Waals surface area (Å²) < 4.78 is 38.5. The van der Waals surface area contributed by atoms with E-state index in [0.717, 1.165) is 48.6 Å². The van der Waals surface area contributed by atoms with Crippen molar-refractivity contribution in [1.82, 2.24) is 9.97 Å². The molecule has 3 heterocycles. The van der Waals surface area contributed by atoms with Crippen LogP contribution < -0.4 is 0 Å². The standard InChI is InChI=1S/C19H24N.C18H14N2S.Ir/c1-5-16(11-10-14(2)3)19-12-18(15(4)13-20-19)17-8-6-7-9-17;1-11(2)4-7-15(19)13-5-6-14-16(10-13)21-18-17(14)12(3)8-9-20-18;/h5,10,12-13,17H,2,6-9H2,1,3-4H3;4,6-10H,1H2,2-3H3;/q-1;-2;+3/b16-5-;7-4-;/i;2D3,4D,7D;. The first-order valence-electron chi connectivity index (χ1n) is 16.2. The summed E-state index contributed by atoms with van der Waals surface area (Å²) in [6.45, 7) is 12.8. The summed E-state index contributed by atoms with van der Waals surface area (Å²) in [6.07, 6.45) is 16.4. The number of rotatable bonds is 7. The molecule has 1 aliphatic carbocycles. The molecule has 5 rings (SSSR count). The van der Waals surface area contributed by atoms with E-state index in [-0.39, 0.29) is 25.7 Å². The smallest absolute Gasteiger partial charge is 0.855 e. The Morgan fingerprint density at radius 3 is 2.62 bits per heavy atom. The van der Waals surface area contributed by atoms with E-state index in [4.69, 9.17) is 6.85 Å². The monoisotopic (exact) mass is 754 g/mol. The van der Waals surface area contributed by atoms with Gasteiger partial charge in [-0.3, -0.25) is 0 Å². The Hall–Kier alpha value is -3.24. The molecule has 1 aromatic carbocycles. The Morgan fingerprint density at radius 1 is 1.17 bits per heavy atom. The van der Waals surface area contributed by atoms with Crippen LogP contribution in [0.5, 0.6) is 0 Å². The minimum Gasteiger partial charge on any atom is -0.855 e. The quantitative estimate of drug-likeness (QED) is 0.107. The van der Waals surface area contributed by atoms with E-state index in [2.05, 4.69) is 54.3 Å². The molecule has 0 N–H and O–H groups in total. The number of hydrogen-bond donors (Lipinski definition) is 0. The first-order chi connectivity index (χ1) is 21.7. The van der Waals surface area contributed by atoms with Crippen LogP contribution in [0.3, 0.4) is 0 Å². The SMILES string of the molecule is C=C(C)C=[C-]/C(=C/C)c1cc(C2CCCC2)c(C)cn1.[2H]/C(C(=C)C([2H])([2H])[2H])=C(\[2H])C(=[N-])c1[c-]cc2c(c1)sc1nccc(C)c12.[Ir+3]. The number of benzene rings is 1. The van der Waals surface area contributed by atoms with Crippen molar-refractivity contribution in [2.75, 3.05) is 0 Å². The topological polar surface area (TPSA) is 48.1 Å². The maximum Gasteiger partial charge on any atom is 3.00 e. The average molecular weight is 754 g/mol. The summed E-state index contributed by atoms with van der Waals surface area (Å²) in [5, 5.41) is 12.3. The second-order valence-corrected chi connectivity index (χ2v) is 11.4. The van der Waals surface area contributed by atoms with Gasteiger partial charge in [-0.2, -0.15) is 11.6 Å². The fourth-order valence-corrected chi connectivity index (χ4v) is 6.14. The van der Waals surface area contributed by atoms with E-state index in [1.165, 1.54) is 48.1 Å². The first kappa shape index (κ1) is 26.4. The predicted molar refractivity (Wildman–Crippen MR) is 179 cm³/mol. The van der Waals surface area contributed by atoms with Crippen molar-refractivity contribution in [2.24, 2.45) is 0 Å². The molecule has 0 unspecified atom stereocenters. The van der Waals surface area contributed by atoms with E-state index < -0.39 is 30.2 Å². The van der Waals surface area contributed by atoms with Crippen LogP contribution in [0.2, 0.25) is 0 Å². The maximum atomic E-state index is 10.3. The normalized spacial score (nSPS) is 16.4. The summed E-state index contributed by atoms with van der Waals surface area (Å²) in [5.41, 5.74) is 6.18. The molecule has 0 spiro atoms. The molecule has 5 heteroatoms. The van der Waals surface area contributed by atoms with Crippen LogP contribution in [-0.2, 0) is 20.1 Å². The van der Waals surface area contributed by atoms with Crippen molar-refractivity contribution in [3.8, 4) is 0 Å². The summed E-state index contributed by atoms with van der Waals surface area (Å²) in [5.74, 6) is 0.722. The van der Waals surface area contributed by atoms with Crippen LogP contribution in [0.25, 0.3) is 31.3 Å². The molecule has 1 saturated carbocycles. The molecule has 4 aromatic rings. The Balaban J connectivity index is 0.000000259. The van der Waals surface area contributed by atoms with E-state index in [9.17, 15) is 5.41 Å². The average Bonchev–Trinajstić information content (AvgIpc) is 3.69. The van der Waals surface area contributed by atoms with Crippen molar-refractivity contribution < 1.29 is 27.0 Å². The molecule has 3 nitrogen and oxygen atoms in total. The molecule has 0 atom stereocenters. The minimum atomic E-state index is -2.59. The van der Waals surface area contributed by atoms with Gasteiger partial charge in [-0.15, -0.1) is 65.5 Å². The molecule has 0 aliphatic heterocycles. The van der Waals surface area contributed by atoms with Crippen LogP contribution in [0.1, 0.15) is 87.1 Å². The molecule has 0 radical (unpaired) electrons. The van der Waals surface area contributed by atoms with Gasteiger partial charge in [0.2, 0.25) is 0 Å². The second kappa shape index (κ2) is 15.3. The number of hydrogen-bond acceptors (Lipinski definition) is 3. The first-order valence-corrected chi connectivity index (χ1v) is 14.6. The van der Waals surface area contributed by atoms with Crippen molar-refractivity contribution in [3.05, 3.63) is 131 Å².